The van der Waals surface area contributed by atoms with Gasteiger partial charge in [-0.3, -0.25) is 10.2 Å². The SMILES string of the molecule is CCCCCCCCCOc1ccc2ccccc2c1/C=C1\NNC(=O)C1(C)C. The third-order valence-corrected chi connectivity index (χ3v) is 5.78. The number of carbonyl (C=O) groups excluding carboxylic acids is 1. The Kier molecular flexibility index (Phi) is 7.18. The topological polar surface area (TPSA) is 50.4 Å². The van der Waals surface area contributed by atoms with Crippen LogP contribution in [0.1, 0.15) is 71.3 Å². The van der Waals surface area contributed by atoms with Crippen molar-refractivity contribution in [3.05, 3.63) is 47.7 Å². The molecule has 4 heteroatoms. The third-order valence-electron chi connectivity index (χ3n) is 5.78. The van der Waals surface area contributed by atoms with E-state index in [4.69, 9.17) is 4.74 Å². The first-order valence-electron chi connectivity index (χ1n) is 11.0. The monoisotopic (exact) mass is 394 g/mol. The van der Waals surface area contributed by atoms with E-state index in [-0.39, 0.29) is 5.91 Å². The summed E-state index contributed by atoms with van der Waals surface area (Å²) in [7, 11) is 0. The fourth-order valence-electron chi connectivity index (χ4n) is 3.71. The molecule has 1 heterocycles. The summed E-state index contributed by atoms with van der Waals surface area (Å²) >= 11 is 0. The molecule has 0 aliphatic carbocycles. The predicted molar refractivity (Wildman–Crippen MR) is 120 cm³/mol. The highest BCUT2D eigenvalue weighted by Gasteiger charge is 2.38. The van der Waals surface area contributed by atoms with Crippen LogP contribution in [0.15, 0.2) is 42.1 Å². The summed E-state index contributed by atoms with van der Waals surface area (Å²) in [6, 6.07) is 12.5. The molecule has 1 aliphatic heterocycles. The van der Waals surface area contributed by atoms with Crippen LogP contribution < -0.4 is 15.6 Å². The van der Waals surface area contributed by atoms with Crippen molar-refractivity contribution in [2.75, 3.05) is 6.61 Å². The molecule has 1 fully saturated rings. The molecule has 2 N–H and O–H groups in total. The first-order valence-corrected chi connectivity index (χ1v) is 11.0. The summed E-state index contributed by atoms with van der Waals surface area (Å²) < 4.78 is 6.20. The van der Waals surface area contributed by atoms with Crippen molar-refractivity contribution in [1.82, 2.24) is 10.9 Å². The lowest BCUT2D eigenvalue weighted by molar-refractivity contribution is -0.125. The van der Waals surface area contributed by atoms with E-state index in [2.05, 4.69) is 42.1 Å². The first-order chi connectivity index (χ1) is 14.0. The van der Waals surface area contributed by atoms with Crippen molar-refractivity contribution in [1.29, 1.82) is 0 Å². The Morgan fingerprint density at radius 1 is 0.931 bits per heavy atom. The average molecular weight is 395 g/mol. The molecule has 4 nitrogen and oxygen atoms in total. The first kappa shape index (κ1) is 21.2. The van der Waals surface area contributed by atoms with E-state index in [0.717, 1.165) is 40.8 Å². The number of fused-ring (bicyclic) bond motifs is 1. The van der Waals surface area contributed by atoms with Crippen molar-refractivity contribution in [3.63, 3.8) is 0 Å². The largest absolute Gasteiger partial charge is 0.493 e. The summed E-state index contributed by atoms with van der Waals surface area (Å²) in [6.45, 7) is 6.82. The number of rotatable bonds is 10. The molecule has 2 aromatic carbocycles. The highest BCUT2D eigenvalue weighted by molar-refractivity contribution is 5.95. The van der Waals surface area contributed by atoms with Crippen LogP contribution in [0.2, 0.25) is 0 Å². The summed E-state index contributed by atoms with van der Waals surface area (Å²) in [5.74, 6) is 0.855. The molecule has 3 rings (SSSR count). The normalized spacial score (nSPS) is 16.8. The zero-order chi connectivity index (χ0) is 20.7. The van der Waals surface area contributed by atoms with Gasteiger partial charge in [0.25, 0.3) is 0 Å². The van der Waals surface area contributed by atoms with Gasteiger partial charge in [-0.1, -0.05) is 75.8 Å². The Hall–Kier alpha value is -2.49. The molecule has 1 aliphatic rings. The molecule has 1 saturated heterocycles. The number of carbonyl (C=O) groups is 1. The second-order valence-electron chi connectivity index (χ2n) is 8.43. The molecule has 0 bridgehead atoms. The molecule has 156 valence electrons. The maximum Gasteiger partial charge on any atom is 0.249 e. The standard InChI is InChI=1S/C25H34N2O2/c1-4-5-6-7-8-9-12-17-29-22-16-15-19-13-10-11-14-20(19)21(22)18-23-25(2,3)24(28)27-26-23/h10-11,13-16,18,26H,4-9,12,17H2,1-3H3,(H,27,28)/b23-18-. The molecule has 2 aromatic rings. The van der Waals surface area contributed by atoms with Gasteiger partial charge < -0.3 is 10.2 Å². The molecule has 0 atom stereocenters. The number of amides is 1. The molecule has 0 spiro atoms. The van der Waals surface area contributed by atoms with Gasteiger partial charge in [0, 0.05) is 11.3 Å². The van der Waals surface area contributed by atoms with Gasteiger partial charge >= 0.3 is 0 Å². The van der Waals surface area contributed by atoms with E-state index in [1.54, 1.807) is 0 Å². The Balaban J connectivity index is 1.74. The van der Waals surface area contributed by atoms with Gasteiger partial charge in [0.1, 0.15) is 5.75 Å². The van der Waals surface area contributed by atoms with E-state index < -0.39 is 5.41 Å². The van der Waals surface area contributed by atoms with Crippen molar-refractivity contribution in [3.8, 4) is 5.75 Å². The van der Waals surface area contributed by atoms with E-state index in [1.165, 1.54) is 38.5 Å². The minimum absolute atomic E-state index is 0.0190. The van der Waals surface area contributed by atoms with Gasteiger partial charge in [-0.15, -0.1) is 0 Å². The van der Waals surface area contributed by atoms with E-state index in [9.17, 15) is 4.79 Å². The smallest absolute Gasteiger partial charge is 0.249 e. The van der Waals surface area contributed by atoms with Gasteiger partial charge in [0.05, 0.1) is 12.0 Å². The number of ether oxygens (including phenoxy) is 1. The van der Waals surface area contributed by atoms with Crippen LogP contribution in [0, 0.1) is 5.41 Å². The summed E-state index contributed by atoms with van der Waals surface area (Å²) in [5, 5.41) is 2.30. The van der Waals surface area contributed by atoms with Crippen molar-refractivity contribution >= 4 is 22.8 Å². The van der Waals surface area contributed by atoms with Gasteiger partial charge in [-0.25, -0.2) is 0 Å². The van der Waals surface area contributed by atoms with Gasteiger partial charge in [0.2, 0.25) is 5.91 Å². The highest BCUT2D eigenvalue weighted by atomic mass is 16.5. The van der Waals surface area contributed by atoms with Crippen LogP contribution in [-0.4, -0.2) is 12.5 Å². The number of hydrogen-bond acceptors (Lipinski definition) is 3. The van der Waals surface area contributed by atoms with Crippen LogP contribution in [0.5, 0.6) is 5.75 Å². The zero-order valence-corrected chi connectivity index (χ0v) is 18.0. The van der Waals surface area contributed by atoms with Crippen LogP contribution in [0.25, 0.3) is 16.8 Å². The maximum absolute atomic E-state index is 12.1. The number of benzene rings is 2. The Labute approximate surface area is 174 Å². The van der Waals surface area contributed by atoms with Crippen molar-refractivity contribution in [2.24, 2.45) is 5.41 Å². The number of hydrazine groups is 1. The fourth-order valence-corrected chi connectivity index (χ4v) is 3.71. The summed E-state index contributed by atoms with van der Waals surface area (Å²) in [6.07, 6.45) is 10.9. The third kappa shape index (κ3) is 5.11. The Morgan fingerprint density at radius 2 is 1.66 bits per heavy atom. The number of hydrogen-bond donors (Lipinski definition) is 2. The van der Waals surface area contributed by atoms with E-state index in [1.807, 2.05) is 32.0 Å². The lowest BCUT2D eigenvalue weighted by atomic mass is 9.88. The van der Waals surface area contributed by atoms with Crippen LogP contribution in [0.4, 0.5) is 0 Å². The molecule has 0 saturated carbocycles. The van der Waals surface area contributed by atoms with Crippen molar-refractivity contribution < 1.29 is 9.53 Å². The minimum Gasteiger partial charge on any atom is -0.493 e. The van der Waals surface area contributed by atoms with Gasteiger partial charge in [-0.05, 0) is 43.2 Å². The second kappa shape index (κ2) is 9.82. The van der Waals surface area contributed by atoms with Gasteiger partial charge in [0.15, 0.2) is 0 Å². The molecular formula is C25H34N2O2. The molecule has 0 aromatic heterocycles. The Bertz CT molecular complexity index is 870. The van der Waals surface area contributed by atoms with Gasteiger partial charge in [-0.2, -0.15) is 0 Å². The summed E-state index contributed by atoms with van der Waals surface area (Å²) in [5.41, 5.74) is 7.07. The van der Waals surface area contributed by atoms with Crippen LogP contribution in [0.3, 0.4) is 0 Å². The fraction of sp³-hybridized carbons (Fsp3) is 0.480. The highest BCUT2D eigenvalue weighted by Crippen LogP contribution is 2.35. The molecule has 1 amide bonds. The zero-order valence-electron chi connectivity index (χ0n) is 18.0. The second-order valence-corrected chi connectivity index (χ2v) is 8.43. The maximum atomic E-state index is 12.1. The minimum atomic E-state index is -0.591. The lowest BCUT2D eigenvalue weighted by Crippen LogP contribution is -2.28. The lowest BCUT2D eigenvalue weighted by Gasteiger charge is -2.17. The van der Waals surface area contributed by atoms with Crippen LogP contribution in [-0.2, 0) is 4.79 Å². The Morgan fingerprint density at radius 3 is 2.38 bits per heavy atom. The number of unbranched alkanes of at least 4 members (excludes halogenated alkanes) is 6. The quantitative estimate of drug-likeness (QED) is 0.488. The molecule has 0 unspecified atom stereocenters. The van der Waals surface area contributed by atoms with E-state index in [0.29, 0.717) is 0 Å². The summed E-state index contributed by atoms with van der Waals surface area (Å²) in [4.78, 5) is 12.1. The molecule has 0 radical (unpaired) electrons. The van der Waals surface area contributed by atoms with E-state index >= 15 is 0 Å². The predicted octanol–water partition coefficient (Wildman–Crippen LogP) is 5.97. The van der Waals surface area contributed by atoms with Crippen LogP contribution >= 0.6 is 0 Å². The molecule has 29 heavy (non-hydrogen) atoms. The average Bonchev–Trinajstić information content (AvgIpc) is 2.97. The molecular weight excluding hydrogens is 360 g/mol. The number of nitrogens with one attached hydrogen (secondary N) is 2. The van der Waals surface area contributed by atoms with Crippen molar-refractivity contribution in [2.45, 2.75) is 65.7 Å².